The van der Waals surface area contributed by atoms with E-state index in [1.54, 1.807) is 0 Å². The molecule has 1 fully saturated rings. The van der Waals surface area contributed by atoms with Gasteiger partial charge in [0.05, 0.1) is 0 Å². The zero-order chi connectivity index (χ0) is 10.8. The average molecular weight is 224 g/mol. The summed E-state index contributed by atoms with van der Waals surface area (Å²) in [5, 5.41) is 3.69. The van der Waals surface area contributed by atoms with E-state index in [2.05, 4.69) is 5.32 Å². The maximum Gasteiger partial charge on any atom is 0.223 e. The third-order valence-corrected chi connectivity index (χ3v) is 3.19. The van der Waals surface area contributed by atoms with Crippen LogP contribution < -0.4 is 5.32 Å². The lowest BCUT2D eigenvalue weighted by molar-refractivity contribution is -0.122. The monoisotopic (exact) mass is 223 g/mol. The van der Waals surface area contributed by atoms with E-state index in [1.165, 1.54) is 0 Å². The summed E-state index contributed by atoms with van der Waals surface area (Å²) >= 11 is 5.99. The van der Waals surface area contributed by atoms with Crippen LogP contribution in [0.3, 0.4) is 0 Å². The van der Waals surface area contributed by atoms with Crippen LogP contribution in [0.5, 0.6) is 0 Å². The first kappa shape index (κ1) is 10.5. The molecule has 2 rings (SSSR count). The number of halogens is 1. The molecule has 0 aliphatic heterocycles. The van der Waals surface area contributed by atoms with Crippen molar-refractivity contribution in [2.75, 3.05) is 0 Å². The normalized spacial score (nSPS) is 15.1. The van der Waals surface area contributed by atoms with Gasteiger partial charge in [0.25, 0.3) is 0 Å². The number of carbonyl (C=O) groups excluding carboxylic acids is 1. The Morgan fingerprint density at radius 1 is 1.53 bits per heavy atom. The van der Waals surface area contributed by atoms with Crippen molar-refractivity contribution in [3.05, 3.63) is 34.3 Å². The van der Waals surface area contributed by atoms with E-state index < -0.39 is 0 Å². The first-order chi connectivity index (χ1) is 7.18. The van der Waals surface area contributed by atoms with Crippen LogP contribution in [0.2, 0.25) is 5.02 Å². The Labute approximate surface area is 94.6 Å². The molecule has 1 aromatic carbocycles. The van der Waals surface area contributed by atoms with Crippen molar-refractivity contribution >= 4 is 17.5 Å². The number of hydrogen-bond acceptors (Lipinski definition) is 1. The molecule has 0 heterocycles. The van der Waals surface area contributed by atoms with E-state index >= 15 is 0 Å². The van der Waals surface area contributed by atoms with Crippen molar-refractivity contribution in [2.24, 2.45) is 5.92 Å². The highest BCUT2D eigenvalue weighted by Gasteiger charge is 2.29. The average Bonchev–Trinajstić information content (AvgIpc) is 3.03. The molecule has 1 N–H and O–H groups in total. The van der Waals surface area contributed by atoms with Crippen LogP contribution in [-0.2, 0) is 11.3 Å². The molecule has 0 saturated heterocycles. The van der Waals surface area contributed by atoms with E-state index in [4.69, 9.17) is 11.6 Å². The van der Waals surface area contributed by atoms with Crippen molar-refractivity contribution in [3.63, 3.8) is 0 Å². The number of amides is 1. The lowest BCUT2D eigenvalue weighted by atomic mass is 10.1. The lowest BCUT2D eigenvalue weighted by Crippen LogP contribution is -2.24. The van der Waals surface area contributed by atoms with Gasteiger partial charge in [-0.3, -0.25) is 4.79 Å². The second-order valence-corrected chi connectivity index (χ2v) is 4.42. The van der Waals surface area contributed by atoms with E-state index in [-0.39, 0.29) is 11.8 Å². The van der Waals surface area contributed by atoms with Crippen LogP contribution >= 0.6 is 11.6 Å². The molecule has 1 aromatic rings. The highest BCUT2D eigenvalue weighted by atomic mass is 35.5. The Morgan fingerprint density at radius 3 is 2.93 bits per heavy atom. The summed E-state index contributed by atoms with van der Waals surface area (Å²) in [6, 6.07) is 5.77. The third kappa shape index (κ3) is 2.51. The lowest BCUT2D eigenvalue weighted by Gasteiger charge is -2.08. The van der Waals surface area contributed by atoms with Gasteiger partial charge in [0.2, 0.25) is 5.91 Å². The predicted molar refractivity (Wildman–Crippen MR) is 60.8 cm³/mol. The number of hydrogen-bond donors (Lipinski definition) is 1. The minimum absolute atomic E-state index is 0.175. The van der Waals surface area contributed by atoms with E-state index in [1.807, 2.05) is 25.1 Å². The zero-order valence-electron chi connectivity index (χ0n) is 8.72. The summed E-state index contributed by atoms with van der Waals surface area (Å²) in [5.74, 6) is 0.443. The van der Waals surface area contributed by atoms with Gasteiger partial charge < -0.3 is 5.32 Å². The molecule has 1 saturated carbocycles. The van der Waals surface area contributed by atoms with Crippen LogP contribution in [0.1, 0.15) is 24.0 Å². The largest absolute Gasteiger partial charge is 0.352 e. The Kier molecular flexibility index (Phi) is 2.96. The molecule has 0 aromatic heterocycles. The van der Waals surface area contributed by atoms with Crippen molar-refractivity contribution < 1.29 is 4.79 Å². The highest BCUT2D eigenvalue weighted by Crippen LogP contribution is 2.29. The summed E-state index contributed by atoms with van der Waals surface area (Å²) in [6.45, 7) is 2.56. The second kappa shape index (κ2) is 4.23. The third-order valence-electron chi connectivity index (χ3n) is 2.78. The molecule has 1 aliphatic carbocycles. The Bertz CT molecular complexity index is 385. The molecule has 1 aliphatic rings. The first-order valence-corrected chi connectivity index (χ1v) is 5.58. The second-order valence-electron chi connectivity index (χ2n) is 4.02. The standard InChI is InChI=1S/C12H14ClNO/c1-8-10(3-2-4-11(8)13)7-14-12(15)9-5-6-9/h2-4,9H,5-7H2,1H3,(H,14,15). The van der Waals surface area contributed by atoms with Crippen molar-refractivity contribution in [1.82, 2.24) is 5.32 Å². The molecule has 0 bridgehead atoms. The molecule has 15 heavy (non-hydrogen) atoms. The molecule has 1 amide bonds. The van der Waals surface area contributed by atoms with Crippen molar-refractivity contribution in [1.29, 1.82) is 0 Å². The minimum atomic E-state index is 0.175. The fraction of sp³-hybridized carbons (Fsp3) is 0.417. The van der Waals surface area contributed by atoms with E-state index in [0.717, 1.165) is 29.0 Å². The number of benzene rings is 1. The van der Waals surface area contributed by atoms with E-state index in [0.29, 0.717) is 6.54 Å². The van der Waals surface area contributed by atoms with Crippen LogP contribution in [-0.4, -0.2) is 5.91 Å². The molecule has 0 unspecified atom stereocenters. The molecular formula is C12H14ClNO. The number of carbonyl (C=O) groups is 1. The topological polar surface area (TPSA) is 29.1 Å². The molecule has 80 valence electrons. The van der Waals surface area contributed by atoms with Crippen LogP contribution in [0.25, 0.3) is 0 Å². The number of nitrogens with one attached hydrogen (secondary N) is 1. The maximum atomic E-state index is 11.4. The molecule has 3 heteroatoms. The molecule has 0 atom stereocenters. The van der Waals surface area contributed by atoms with Crippen LogP contribution in [0, 0.1) is 12.8 Å². The highest BCUT2D eigenvalue weighted by molar-refractivity contribution is 6.31. The van der Waals surface area contributed by atoms with Gasteiger partial charge in [-0.2, -0.15) is 0 Å². The van der Waals surface area contributed by atoms with Crippen molar-refractivity contribution in [2.45, 2.75) is 26.3 Å². The summed E-state index contributed by atoms with van der Waals surface area (Å²) in [7, 11) is 0. The van der Waals surface area contributed by atoms with Gasteiger partial charge in [-0.05, 0) is 37.0 Å². The molecule has 0 spiro atoms. The molecule has 2 nitrogen and oxygen atoms in total. The number of rotatable bonds is 3. The molecular weight excluding hydrogens is 210 g/mol. The van der Waals surface area contributed by atoms with Gasteiger partial charge in [0, 0.05) is 17.5 Å². The Hall–Kier alpha value is -1.02. The summed E-state index contributed by atoms with van der Waals surface area (Å²) in [4.78, 5) is 11.4. The van der Waals surface area contributed by atoms with Gasteiger partial charge in [-0.25, -0.2) is 0 Å². The maximum absolute atomic E-state index is 11.4. The fourth-order valence-electron chi connectivity index (χ4n) is 1.52. The first-order valence-electron chi connectivity index (χ1n) is 5.20. The SMILES string of the molecule is Cc1c(Cl)cccc1CNC(=O)C1CC1. The van der Waals surface area contributed by atoms with Crippen LogP contribution in [0.15, 0.2) is 18.2 Å². The summed E-state index contributed by atoms with van der Waals surface area (Å²) in [5.41, 5.74) is 2.15. The Balaban J connectivity index is 1.98. The van der Waals surface area contributed by atoms with E-state index in [9.17, 15) is 4.79 Å². The zero-order valence-corrected chi connectivity index (χ0v) is 9.47. The van der Waals surface area contributed by atoms with Gasteiger partial charge in [0.15, 0.2) is 0 Å². The fourth-order valence-corrected chi connectivity index (χ4v) is 1.71. The Morgan fingerprint density at radius 2 is 2.27 bits per heavy atom. The smallest absolute Gasteiger partial charge is 0.223 e. The quantitative estimate of drug-likeness (QED) is 0.839. The summed E-state index contributed by atoms with van der Waals surface area (Å²) < 4.78 is 0. The van der Waals surface area contributed by atoms with Gasteiger partial charge in [0.1, 0.15) is 0 Å². The van der Waals surface area contributed by atoms with Crippen LogP contribution in [0.4, 0.5) is 0 Å². The van der Waals surface area contributed by atoms with Gasteiger partial charge in [-0.1, -0.05) is 23.7 Å². The predicted octanol–water partition coefficient (Wildman–Crippen LogP) is 2.67. The molecule has 0 radical (unpaired) electrons. The van der Waals surface area contributed by atoms with Gasteiger partial charge >= 0.3 is 0 Å². The minimum Gasteiger partial charge on any atom is -0.352 e. The summed E-state index contributed by atoms with van der Waals surface area (Å²) in [6.07, 6.45) is 2.08. The van der Waals surface area contributed by atoms with Gasteiger partial charge in [-0.15, -0.1) is 0 Å². The van der Waals surface area contributed by atoms with Crippen molar-refractivity contribution in [3.8, 4) is 0 Å².